The van der Waals surface area contributed by atoms with E-state index in [-0.39, 0.29) is 11.8 Å². The summed E-state index contributed by atoms with van der Waals surface area (Å²) in [5, 5.41) is 3.43. The Balaban J connectivity index is 1.62. The lowest BCUT2D eigenvalue weighted by molar-refractivity contribution is 0.0793. The topological polar surface area (TPSA) is 52.7 Å². The molecule has 6 heteroatoms. The third-order valence-electron chi connectivity index (χ3n) is 5.66. The number of hydrogen-bond donors (Lipinski definition) is 1. The van der Waals surface area contributed by atoms with E-state index in [0.717, 1.165) is 57.5 Å². The summed E-state index contributed by atoms with van der Waals surface area (Å²) in [6, 6.07) is 12.5. The Morgan fingerprint density at radius 1 is 0.862 bits per heavy atom. The molecule has 0 aromatic heterocycles. The molecule has 29 heavy (non-hydrogen) atoms. The van der Waals surface area contributed by atoms with Gasteiger partial charge in [-0.2, -0.15) is 0 Å². The van der Waals surface area contributed by atoms with Crippen molar-refractivity contribution >= 4 is 34.8 Å². The van der Waals surface area contributed by atoms with E-state index in [2.05, 4.69) is 10.2 Å². The Morgan fingerprint density at radius 3 is 2.31 bits per heavy atom. The lowest BCUT2D eigenvalue weighted by Crippen LogP contribution is -2.34. The fourth-order valence-electron chi connectivity index (χ4n) is 4.12. The first-order valence-electron chi connectivity index (χ1n) is 10.4. The fraction of sp³-hybridized carbons (Fsp3) is 0.391. The number of carbonyl (C=O) groups excluding carboxylic acids is 2. The molecule has 152 valence electrons. The third-order valence-corrected chi connectivity index (χ3v) is 5.90. The van der Waals surface area contributed by atoms with Gasteiger partial charge in [0.05, 0.1) is 5.56 Å². The van der Waals surface area contributed by atoms with Gasteiger partial charge >= 0.3 is 0 Å². The number of rotatable bonds is 4. The van der Waals surface area contributed by atoms with Crippen molar-refractivity contribution in [2.24, 2.45) is 0 Å². The molecule has 0 radical (unpaired) electrons. The second-order valence-electron chi connectivity index (χ2n) is 7.74. The number of benzene rings is 2. The van der Waals surface area contributed by atoms with Crippen LogP contribution >= 0.6 is 11.6 Å². The molecule has 0 unspecified atom stereocenters. The number of anilines is 2. The number of piperidine rings is 1. The first kappa shape index (κ1) is 19.8. The van der Waals surface area contributed by atoms with Gasteiger partial charge in [-0.1, -0.05) is 17.7 Å². The maximum absolute atomic E-state index is 13.2. The van der Waals surface area contributed by atoms with E-state index in [1.54, 1.807) is 24.3 Å². The Hall–Kier alpha value is -2.53. The summed E-state index contributed by atoms with van der Waals surface area (Å²) in [4.78, 5) is 30.1. The maximum Gasteiger partial charge on any atom is 0.256 e. The summed E-state index contributed by atoms with van der Waals surface area (Å²) < 4.78 is 0. The zero-order chi connectivity index (χ0) is 20.2. The highest BCUT2D eigenvalue weighted by molar-refractivity contribution is 6.31. The van der Waals surface area contributed by atoms with Crippen LogP contribution in [0.25, 0.3) is 0 Å². The number of halogens is 1. The lowest BCUT2D eigenvalue weighted by atomic mass is 10.0. The molecule has 0 spiro atoms. The zero-order valence-electron chi connectivity index (χ0n) is 16.5. The molecular weight excluding hydrogens is 386 g/mol. The van der Waals surface area contributed by atoms with Crippen molar-refractivity contribution in [3.8, 4) is 0 Å². The predicted octanol–water partition coefficient (Wildman–Crippen LogP) is 4.82. The molecule has 1 N–H and O–H groups in total. The van der Waals surface area contributed by atoms with Gasteiger partial charge in [-0.25, -0.2) is 0 Å². The molecule has 2 fully saturated rings. The minimum atomic E-state index is -0.238. The third kappa shape index (κ3) is 4.56. The fourth-order valence-corrected chi connectivity index (χ4v) is 4.31. The van der Waals surface area contributed by atoms with Crippen molar-refractivity contribution in [2.75, 3.05) is 36.4 Å². The van der Waals surface area contributed by atoms with E-state index < -0.39 is 0 Å². The first-order valence-corrected chi connectivity index (χ1v) is 10.7. The predicted molar refractivity (Wildman–Crippen MR) is 117 cm³/mol. The molecule has 0 saturated carbocycles. The minimum absolute atomic E-state index is 0.0573. The van der Waals surface area contributed by atoms with Crippen molar-refractivity contribution in [3.05, 3.63) is 58.6 Å². The molecule has 4 rings (SSSR count). The second kappa shape index (κ2) is 8.87. The van der Waals surface area contributed by atoms with Crippen LogP contribution in [0.4, 0.5) is 11.4 Å². The Kier molecular flexibility index (Phi) is 6.05. The lowest BCUT2D eigenvalue weighted by Gasteiger charge is -2.31. The largest absolute Gasteiger partial charge is 0.371 e. The number of nitrogens with one attached hydrogen (secondary N) is 1. The molecule has 2 heterocycles. The van der Waals surface area contributed by atoms with Crippen molar-refractivity contribution < 1.29 is 9.59 Å². The van der Waals surface area contributed by atoms with Gasteiger partial charge in [0, 0.05) is 48.1 Å². The average Bonchev–Trinajstić information content (AvgIpc) is 3.29. The summed E-state index contributed by atoms with van der Waals surface area (Å²) >= 11 is 6.00. The van der Waals surface area contributed by atoms with E-state index in [4.69, 9.17) is 11.6 Å². The van der Waals surface area contributed by atoms with Crippen LogP contribution in [0.1, 0.15) is 52.8 Å². The van der Waals surface area contributed by atoms with E-state index >= 15 is 0 Å². The molecule has 2 aromatic rings. The van der Waals surface area contributed by atoms with Gasteiger partial charge in [0.15, 0.2) is 0 Å². The smallest absolute Gasteiger partial charge is 0.256 e. The van der Waals surface area contributed by atoms with Crippen LogP contribution in [0.2, 0.25) is 5.02 Å². The number of amides is 2. The normalized spacial score (nSPS) is 16.7. The van der Waals surface area contributed by atoms with Gasteiger partial charge in [-0.05, 0) is 68.5 Å². The first-order chi connectivity index (χ1) is 14.1. The number of nitrogens with zero attached hydrogens (tertiary/aromatic N) is 2. The van der Waals surface area contributed by atoms with Crippen LogP contribution < -0.4 is 10.2 Å². The van der Waals surface area contributed by atoms with Crippen molar-refractivity contribution in [1.82, 2.24) is 4.90 Å². The van der Waals surface area contributed by atoms with E-state index in [0.29, 0.717) is 21.8 Å². The highest BCUT2D eigenvalue weighted by Crippen LogP contribution is 2.29. The van der Waals surface area contributed by atoms with Crippen LogP contribution in [0.3, 0.4) is 0 Å². The monoisotopic (exact) mass is 411 g/mol. The second-order valence-corrected chi connectivity index (χ2v) is 8.18. The van der Waals surface area contributed by atoms with Gasteiger partial charge in [0.2, 0.25) is 0 Å². The van der Waals surface area contributed by atoms with Crippen molar-refractivity contribution in [3.63, 3.8) is 0 Å². The number of hydrogen-bond acceptors (Lipinski definition) is 3. The molecule has 2 aliphatic heterocycles. The Bertz CT molecular complexity index is 903. The summed E-state index contributed by atoms with van der Waals surface area (Å²) in [5.74, 6) is -0.181. The summed E-state index contributed by atoms with van der Waals surface area (Å²) in [7, 11) is 0. The molecule has 0 atom stereocenters. The van der Waals surface area contributed by atoms with Crippen molar-refractivity contribution in [1.29, 1.82) is 0 Å². The summed E-state index contributed by atoms with van der Waals surface area (Å²) in [5.41, 5.74) is 2.77. The molecule has 2 amide bonds. The SMILES string of the molecule is O=C(Nc1ccc(N2CCCCC2)c(C(=O)N2CCCC2)c1)c1cccc(Cl)c1. The van der Waals surface area contributed by atoms with Crippen LogP contribution in [0.5, 0.6) is 0 Å². The molecule has 2 aliphatic rings. The number of carbonyl (C=O) groups is 2. The van der Waals surface area contributed by atoms with Gasteiger partial charge in [-0.15, -0.1) is 0 Å². The Labute approximate surface area is 176 Å². The summed E-state index contributed by atoms with van der Waals surface area (Å²) in [6.45, 7) is 3.54. The van der Waals surface area contributed by atoms with E-state index in [9.17, 15) is 9.59 Å². The molecule has 5 nitrogen and oxygen atoms in total. The van der Waals surface area contributed by atoms with E-state index in [1.807, 2.05) is 23.1 Å². The minimum Gasteiger partial charge on any atom is -0.371 e. The van der Waals surface area contributed by atoms with Crippen LogP contribution in [0, 0.1) is 0 Å². The average molecular weight is 412 g/mol. The van der Waals surface area contributed by atoms with Gasteiger partial charge in [0.25, 0.3) is 11.8 Å². The van der Waals surface area contributed by atoms with Crippen LogP contribution in [-0.2, 0) is 0 Å². The summed E-state index contributed by atoms with van der Waals surface area (Å²) in [6.07, 6.45) is 5.63. The zero-order valence-corrected chi connectivity index (χ0v) is 17.3. The molecule has 0 bridgehead atoms. The molecular formula is C23H26ClN3O2. The maximum atomic E-state index is 13.2. The van der Waals surface area contributed by atoms with Crippen LogP contribution in [0.15, 0.2) is 42.5 Å². The van der Waals surface area contributed by atoms with Crippen molar-refractivity contribution in [2.45, 2.75) is 32.1 Å². The Morgan fingerprint density at radius 2 is 1.59 bits per heavy atom. The highest BCUT2D eigenvalue weighted by Gasteiger charge is 2.25. The quantitative estimate of drug-likeness (QED) is 0.784. The highest BCUT2D eigenvalue weighted by atomic mass is 35.5. The van der Waals surface area contributed by atoms with E-state index in [1.165, 1.54) is 6.42 Å². The number of likely N-dealkylation sites (tertiary alicyclic amines) is 1. The molecule has 2 saturated heterocycles. The van der Waals surface area contributed by atoms with Gasteiger partial charge in [-0.3, -0.25) is 9.59 Å². The van der Waals surface area contributed by atoms with Crippen LogP contribution in [-0.4, -0.2) is 42.9 Å². The van der Waals surface area contributed by atoms with Gasteiger partial charge < -0.3 is 15.1 Å². The standard InChI is InChI=1S/C23H26ClN3O2/c24-18-8-6-7-17(15-18)22(28)25-19-9-10-21(26-11-2-1-3-12-26)20(16-19)23(29)27-13-4-5-14-27/h6-10,15-16H,1-5,11-14H2,(H,25,28). The molecule has 2 aromatic carbocycles. The molecule has 0 aliphatic carbocycles. The van der Waals surface area contributed by atoms with Gasteiger partial charge in [0.1, 0.15) is 0 Å².